The zero-order valence-corrected chi connectivity index (χ0v) is 19.6. The van der Waals surface area contributed by atoms with Crippen LogP contribution in [0.3, 0.4) is 0 Å². The average molecular weight is 509 g/mol. The largest absolute Gasteiger partial charge is 0.472 e. The molecule has 190 valence electrons. The number of benzene rings is 2. The van der Waals surface area contributed by atoms with Crippen LogP contribution in [0, 0.1) is 0 Å². The van der Waals surface area contributed by atoms with Crippen molar-refractivity contribution in [3.8, 4) is 0 Å². The number of piperidine rings is 1. The molecule has 1 aliphatic heterocycles. The number of alkyl halides is 3. The third-order valence-corrected chi connectivity index (χ3v) is 6.41. The van der Waals surface area contributed by atoms with E-state index in [4.69, 9.17) is 4.42 Å². The minimum absolute atomic E-state index is 0.0270. The van der Waals surface area contributed by atoms with Crippen LogP contribution < -0.4 is 5.32 Å². The van der Waals surface area contributed by atoms with Crippen molar-refractivity contribution in [3.05, 3.63) is 89.6 Å². The van der Waals surface area contributed by atoms with Gasteiger partial charge in [0.1, 0.15) is 5.52 Å². The highest BCUT2D eigenvalue weighted by Gasteiger charge is 2.35. The number of para-hydroxylation sites is 1. The van der Waals surface area contributed by atoms with Crippen molar-refractivity contribution >= 4 is 34.6 Å². The minimum atomic E-state index is -4.62. The molecular formula is C27H23F3N4O3. The number of nitrogens with zero attached hydrogens (tertiary/aromatic N) is 2. The van der Waals surface area contributed by atoms with Crippen LogP contribution in [0.1, 0.15) is 46.1 Å². The molecule has 5 rings (SSSR count). The second kappa shape index (κ2) is 9.96. The van der Waals surface area contributed by atoms with Crippen molar-refractivity contribution in [2.75, 3.05) is 18.4 Å². The second-order valence-corrected chi connectivity index (χ2v) is 8.85. The van der Waals surface area contributed by atoms with E-state index < -0.39 is 12.0 Å². The van der Waals surface area contributed by atoms with E-state index >= 15 is 0 Å². The summed E-state index contributed by atoms with van der Waals surface area (Å²) in [4.78, 5) is 32.8. The Morgan fingerprint density at radius 1 is 1.08 bits per heavy atom. The molecular weight excluding hydrogens is 485 g/mol. The average Bonchev–Trinajstić information content (AvgIpc) is 3.58. The Morgan fingerprint density at radius 2 is 1.84 bits per heavy atom. The van der Waals surface area contributed by atoms with E-state index in [1.165, 1.54) is 24.5 Å². The lowest BCUT2D eigenvalue weighted by molar-refractivity contribution is -0.144. The molecule has 0 saturated carbocycles. The van der Waals surface area contributed by atoms with Crippen molar-refractivity contribution < 1.29 is 27.2 Å². The van der Waals surface area contributed by atoms with Gasteiger partial charge in [0.2, 0.25) is 11.7 Å². The molecule has 1 saturated heterocycles. The predicted octanol–water partition coefficient (Wildman–Crippen LogP) is 5.85. The Bertz CT molecular complexity index is 1430. The molecule has 4 aromatic rings. The van der Waals surface area contributed by atoms with E-state index in [2.05, 4.69) is 15.3 Å². The first-order valence-corrected chi connectivity index (χ1v) is 11.7. The number of fused-ring (bicyclic) bond motifs is 1. The first-order valence-electron chi connectivity index (χ1n) is 11.7. The Labute approximate surface area is 210 Å². The van der Waals surface area contributed by atoms with Crippen LogP contribution in [0.4, 0.5) is 18.9 Å². The van der Waals surface area contributed by atoms with Gasteiger partial charge in [-0.15, -0.1) is 0 Å². The van der Waals surface area contributed by atoms with Crippen molar-refractivity contribution in [1.82, 2.24) is 14.9 Å². The molecule has 2 N–H and O–H groups in total. The van der Waals surface area contributed by atoms with Gasteiger partial charge in [-0.3, -0.25) is 9.59 Å². The van der Waals surface area contributed by atoms with Crippen LogP contribution in [-0.4, -0.2) is 39.8 Å². The predicted molar refractivity (Wildman–Crippen MR) is 132 cm³/mol. The first-order chi connectivity index (χ1) is 17.8. The van der Waals surface area contributed by atoms with Crippen LogP contribution >= 0.6 is 0 Å². The molecule has 0 spiro atoms. The number of H-pyrrole nitrogens is 1. The van der Waals surface area contributed by atoms with E-state index in [1.807, 2.05) is 24.3 Å². The normalized spacial score (nSPS) is 14.9. The highest BCUT2D eigenvalue weighted by molar-refractivity contribution is 6.05. The maximum absolute atomic E-state index is 13.1. The van der Waals surface area contributed by atoms with E-state index in [1.54, 1.807) is 29.4 Å². The number of halogens is 3. The molecule has 7 nitrogen and oxygen atoms in total. The molecule has 0 unspecified atom stereocenters. The number of anilines is 1. The van der Waals surface area contributed by atoms with Gasteiger partial charge in [0, 0.05) is 30.4 Å². The fourth-order valence-electron chi connectivity index (χ4n) is 4.49. The van der Waals surface area contributed by atoms with Gasteiger partial charge in [-0.05, 0) is 60.7 Å². The molecule has 0 atom stereocenters. The summed E-state index contributed by atoms with van der Waals surface area (Å²) < 4.78 is 44.2. The van der Waals surface area contributed by atoms with Gasteiger partial charge in [-0.2, -0.15) is 13.2 Å². The Hall–Kier alpha value is -4.34. The molecule has 2 aromatic heterocycles. The molecule has 2 amide bonds. The van der Waals surface area contributed by atoms with Crippen LogP contribution in [0.5, 0.6) is 0 Å². The van der Waals surface area contributed by atoms with E-state index in [-0.39, 0.29) is 34.3 Å². The number of aromatic amines is 1. The molecule has 3 heterocycles. The highest BCUT2D eigenvalue weighted by Crippen LogP contribution is 2.32. The zero-order chi connectivity index (χ0) is 26.0. The molecule has 10 heteroatoms. The fourth-order valence-corrected chi connectivity index (χ4v) is 4.49. The fraction of sp³-hybridized carbons (Fsp3) is 0.222. The summed E-state index contributed by atoms with van der Waals surface area (Å²) >= 11 is 0. The zero-order valence-electron chi connectivity index (χ0n) is 19.6. The summed E-state index contributed by atoms with van der Waals surface area (Å²) in [6, 6.07) is 13.9. The summed E-state index contributed by atoms with van der Waals surface area (Å²) in [7, 11) is 0. The standard InChI is InChI=1S/C27H23F3N4O3/c28-27(29,30)26-32-22-3-1-2-21(24(22)33-26)25(36)34-13-10-19(11-14-34)18-5-7-20(8-6-18)31-23(35)9-4-17-12-15-37-16-17/h1-9,12,15-16,19H,10-11,13-14H2,(H,31,35)(H,32,33)/b9-4+. The smallest absolute Gasteiger partial charge is 0.449 e. The lowest BCUT2D eigenvalue weighted by atomic mass is 9.89. The molecule has 0 radical (unpaired) electrons. The van der Waals surface area contributed by atoms with Crippen molar-refractivity contribution in [2.45, 2.75) is 24.9 Å². The lowest BCUT2D eigenvalue weighted by Crippen LogP contribution is -2.38. The summed E-state index contributed by atoms with van der Waals surface area (Å²) in [5, 5.41) is 2.81. The van der Waals surface area contributed by atoms with Crippen molar-refractivity contribution in [2.24, 2.45) is 0 Å². The summed E-state index contributed by atoms with van der Waals surface area (Å²) in [5.41, 5.74) is 2.93. The quantitative estimate of drug-likeness (QED) is 0.331. The summed E-state index contributed by atoms with van der Waals surface area (Å²) in [6.07, 6.45) is 2.97. The monoisotopic (exact) mass is 508 g/mol. The highest BCUT2D eigenvalue weighted by atomic mass is 19.4. The number of carbonyl (C=O) groups excluding carboxylic acids is 2. The van der Waals surface area contributed by atoms with Gasteiger partial charge in [-0.25, -0.2) is 4.98 Å². The van der Waals surface area contributed by atoms with Gasteiger partial charge >= 0.3 is 6.18 Å². The number of carbonyl (C=O) groups is 2. The van der Waals surface area contributed by atoms with Crippen LogP contribution in [0.25, 0.3) is 17.1 Å². The Morgan fingerprint density at radius 3 is 2.51 bits per heavy atom. The van der Waals surface area contributed by atoms with Crippen LogP contribution in [-0.2, 0) is 11.0 Å². The summed E-state index contributed by atoms with van der Waals surface area (Å²) in [5.74, 6) is -1.47. The number of likely N-dealkylation sites (tertiary alicyclic amines) is 1. The molecule has 1 fully saturated rings. The van der Waals surface area contributed by atoms with E-state index in [0.717, 1.165) is 24.0 Å². The minimum Gasteiger partial charge on any atom is -0.472 e. The van der Waals surface area contributed by atoms with Crippen molar-refractivity contribution in [3.63, 3.8) is 0 Å². The van der Waals surface area contributed by atoms with Crippen LogP contribution in [0.15, 0.2) is 71.6 Å². The number of rotatable bonds is 5. The Balaban J connectivity index is 1.19. The van der Waals surface area contributed by atoms with Crippen LogP contribution in [0.2, 0.25) is 0 Å². The first kappa shape index (κ1) is 24.4. The van der Waals surface area contributed by atoms with E-state index in [0.29, 0.717) is 18.8 Å². The molecule has 2 aromatic carbocycles. The maximum Gasteiger partial charge on any atom is 0.449 e. The lowest BCUT2D eigenvalue weighted by Gasteiger charge is -2.32. The molecule has 0 aliphatic carbocycles. The third-order valence-electron chi connectivity index (χ3n) is 6.41. The SMILES string of the molecule is O=C(/C=C/c1ccoc1)Nc1ccc(C2CCN(C(=O)c3cccc4[nH]c(C(F)(F)F)nc34)CC2)cc1. The summed E-state index contributed by atoms with van der Waals surface area (Å²) in [6.45, 7) is 0.960. The number of hydrogen-bond acceptors (Lipinski definition) is 4. The molecule has 0 bridgehead atoms. The molecule has 1 aliphatic rings. The second-order valence-electron chi connectivity index (χ2n) is 8.85. The maximum atomic E-state index is 13.1. The van der Waals surface area contributed by atoms with Gasteiger partial charge < -0.3 is 19.6 Å². The number of furan rings is 1. The van der Waals surface area contributed by atoms with Gasteiger partial charge in [-0.1, -0.05) is 18.2 Å². The third kappa shape index (κ3) is 5.42. The van der Waals surface area contributed by atoms with Gasteiger partial charge in [0.05, 0.1) is 23.6 Å². The van der Waals surface area contributed by atoms with Gasteiger partial charge in [0.25, 0.3) is 5.91 Å². The number of nitrogens with one attached hydrogen (secondary N) is 2. The van der Waals surface area contributed by atoms with E-state index in [9.17, 15) is 22.8 Å². The van der Waals surface area contributed by atoms with Crippen molar-refractivity contribution in [1.29, 1.82) is 0 Å². The Kier molecular flexibility index (Phi) is 6.56. The number of hydrogen-bond donors (Lipinski definition) is 2. The number of amides is 2. The van der Waals surface area contributed by atoms with Gasteiger partial charge in [0.15, 0.2) is 0 Å². The number of imidazole rings is 1. The number of aromatic nitrogens is 2. The topological polar surface area (TPSA) is 91.2 Å². The molecule has 37 heavy (non-hydrogen) atoms.